The van der Waals surface area contributed by atoms with Crippen molar-refractivity contribution in [1.29, 1.82) is 0 Å². The molecule has 0 saturated heterocycles. The zero-order chi connectivity index (χ0) is 8.10. The Morgan fingerprint density at radius 2 is 2.00 bits per heavy atom. The predicted octanol–water partition coefficient (Wildman–Crippen LogP) is 2.52. The highest BCUT2D eigenvalue weighted by atomic mass is 14.6. The molecule has 1 nitrogen and oxygen atoms in total. The maximum atomic E-state index is 5.68. The van der Waals surface area contributed by atoms with Gasteiger partial charge in [0.1, 0.15) is 0 Å². The van der Waals surface area contributed by atoms with Crippen LogP contribution in [0.15, 0.2) is 36.1 Å². The highest BCUT2D eigenvalue weighted by Gasteiger charge is 2.05. The van der Waals surface area contributed by atoms with Crippen molar-refractivity contribution in [3.8, 4) is 0 Å². The molecule has 1 fully saturated rings. The second-order valence-corrected chi connectivity index (χ2v) is 2.91. The Labute approximate surface area is 68.3 Å². The van der Waals surface area contributed by atoms with Gasteiger partial charge < -0.3 is 5.73 Å². The second-order valence-electron chi connectivity index (χ2n) is 2.91. The average molecular weight is 149 g/mol. The summed E-state index contributed by atoms with van der Waals surface area (Å²) in [6, 6.07) is 0. The van der Waals surface area contributed by atoms with Crippen molar-refractivity contribution < 1.29 is 0 Å². The van der Waals surface area contributed by atoms with E-state index in [1.54, 1.807) is 6.08 Å². The normalized spacial score (nSPS) is 18.5. The summed E-state index contributed by atoms with van der Waals surface area (Å²) in [5.74, 6) is 0. The van der Waals surface area contributed by atoms with Crippen molar-refractivity contribution in [1.82, 2.24) is 0 Å². The standard InChI is InChI=1S/C10H15N/c1-2-5-10(11)8-9-6-3-4-7-9/h2,5,8H,1,3-4,6-7,11H2/b10-5+. The Morgan fingerprint density at radius 1 is 1.36 bits per heavy atom. The molecule has 1 rings (SSSR count). The third kappa shape index (κ3) is 2.62. The van der Waals surface area contributed by atoms with Gasteiger partial charge in [-0.15, -0.1) is 0 Å². The first kappa shape index (κ1) is 8.12. The second kappa shape index (κ2) is 4.02. The molecular weight excluding hydrogens is 134 g/mol. The lowest BCUT2D eigenvalue weighted by molar-refractivity contribution is 0.886. The van der Waals surface area contributed by atoms with Crippen LogP contribution in [0, 0.1) is 0 Å². The molecule has 0 aromatic heterocycles. The molecule has 0 radical (unpaired) electrons. The van der Waals surface area contributed by atoms with Crippen LogP contribution >= 0.6 is 0 Å². The molecule has 1 heteroatoms. The summed E-state index contributed by atoms with van der Waals surface area (Å²) in [6.45, 7) is 3.59. The molecule has 0 atom stereocenters. The molecular formula is C10H15N. The summed E-state index contributed by atoms with van der Waals surface area (Å²) in [4.78, 5) is 0. The zero-order valence-corrected chi connectivity index (χ0v) is 6.84. The van der Waals surface area contributed by atoms with Gasteiger partial charge in [0.05, 0.1) is 0 Å². The Bertz CT molecular complexity index is 191. The number of hydrogen-bond acceptors (Lipinski definition) is 1. The summed E-state index contributed by atoms with van der Waals surface area (Å²) in [7, 11) is 0. The van der Waals surface area contributed by atoms with Crippen LogP contribution in [-0.4, -0.2) is 0 Å². The molecule has 0 aromatic rings. The molecule has 0 unspecified atom stereocenters. The number of nitrogens with two attached hydrogens (primary N) is 1. The molecule has 11 heavy (non-hydrogen) atoms. The quantitative estimate of drug-likeness (QED) is 0.600. The predicted molar refractivity (Wildman–Crippen MR) is 49.0 cm³/mol. The average Bonchev–Trinajstić information content (AvgIpc) is 2.40. The van der Waals surface area contributed by atoms with Crippen molar-refractivity contribution in [3.05, 3.63) is 36.1 Å². The first-order chi connectivity index (χ1) is 5.33. The molecule has 1 aliphatic rings. The van der Waals surface area contributed by atoms with Crippen LogP contribution in [0.4, 0.5) is 0 Å². The largest absolute Gasteiger partial charge is 0.399 e. The highest BCUT2D eigenvalue weighted by Crippen LogP contribution is 2.24. The summed E-state index contributed by atoms with van der Waals surface area (Å²) < 4.78 is 0. The Balaban J connectivity index is 2.55. The number of allylic oxidation sites excluding steroid dienone is 4. The van der Waals surface area contributed by atoms with Crippen LogP contribution in [0.1, 0.15) is 25.7 Å². The number of hydrogen-bond donors (Lipinski definition) is 1. The van der Waals surface area contributed by atoms with Crippen LogP contribution in [0.5, 0.6) is 0 Å². The molecule has 0 spiro atoms. The molecule has 1 aliphatic carbocycles. The van der Waals surface area contributed by atoms with E-state index in [2.05, 4.69) is 12.7 Å². The lowest BCUT2D eigenvalue weighted by Crippen LogP contribution is -1.92. The molecule has 0 bridgehead atoms. The van der Waals surface area contributed by atoms with Crippen molar-refractivity contribution in [2.24, 2.45) is 5.73 Å². The van der Waals surface area contributed by atoms with E-state index in [1.807, 2.05) is 6.08 Å². The first-order valence-corrected chi connectivity index (χ1v) is 4.10. The third-order valence-electron chi connectivity index (χ3n) is 1.93. The van der Waals surface area contributed by atoms with E-state index in [4.69, 9.17) is 5.73 Å². The first-order valence-electron chi connectivity index (χ1n) is 4.10. The lowest BCUT2D eigenvalue weighted by atomic mass is 10.2. The van der Waals surface area contributed by atoms with E-state index in [-0.39, 0.29) is 0 Å². The molecule has 0 aromatic carbocycles. The van der Waals surface area contributed by atoms with Crippen LogP contribution in [0.2, 0.25) is 0 Å². The minimum atomic E-state index is 0.830. The molecule has 60 valence electrons. The number of rotatable bonds is 2. The van der Waals surface area contributed by atoms with Crippen molar-refractivity contribution in [2.45, 2.75) is 25.7 Å². The van der Waals surface area contributed by atoms with E-state index in [0.29, 0.717) is 0 Å². The molecule has 1 saturated carbocycles. The maximum Gasteiger partial charge on any atom is 0.0313 e. The van der Waals surface area contributed by atoms with E-state index >= 15 is 0 Å². The molecule has 2 N–H and O–H groups in total. The summed E-state index contributed by atoms with van der Waals surface area (Å²) in [6.07, 6.45) is 10.7. The van der Waals surface area contributed by atoms with Crippen molar-refractivity contribution in [3.63, 3.8) is 0 Å². The minimum absolute atomic E-state index is 0.830. The third-order valence-corrected chi connectivity index (χ3v) is 1.93. The smallest absolute Gasteiger partial charge is 0.0313 e. The summed E-state index contributed by atoms with van der Waals surface area (Å²) in [5.41, 5.74) is 7.99. The van der Waals surface area contributed by atoms with Gasteiger partial charge >= 0.3 is 0 Å². The summed E-state index contributed by atoms with van der Waals surface area (Å²) in [5, 5.41) is 0. The van der Waals surface area contributed by atoms with Crippen molar-refractivity contribution >= 4 is 0 Å². The SMILES string of the molecule is C=C/C=C(/N)C=C1CCCC1. The van der Waals surface area contributed by atoms with Gasteiger partial charge in [0.25, 0.3) is 0 Å². The van der Waals surface area contributed by atoms with Crippen LogP contribution in [-0.2, 0) is 0 Å². The van der Waals surface area contributed by atoms with E-state index in [1.165, 1.54) is 31.3 Å². The van der Waals surface area contributed by atoms with Gasteiger partial charge in [-0.05, 0) is 37.8 Å². The molecule has 0 amide bonds. The fourth-order valence-corrected chi connectivity index (χ4v) is 1.39. The van der Waals surface area contributed by atoms with Crippen LogP contribution in [0.3, 0.4) is 0 Å². The van der Waals surface area contributed by atoms with Gasteiger partial charge in [-0.3, -0.25) is 0 Å². The Morgan fingerprint density at radius 3 is 2.55 bits per heavy atom. The zero-order valence-electron chi connectivity index (χ0n) is 6.84. The maximum absolute atomic E-state index is 5.68. The van der Waals surface area contributed by atoms with Crippen molar-refractivity contribution in [2.75, 3.05) is 0 Å². The van der Waals surface area contributed by atoms with Crippen LogP contribution < -0.4 is 5.73 Å². The van der Waals surface area contributed by atoms with Crippen LogP contribution in [0.25, 0.3) is 0 Å². The topological polar surface area (TPSA) is 26.0 Å². The minimum Gasteiger partial charge on any atom is -0.399 e. The van der Waals surface area contributed by atoms with E-state index < -0.39 is 0 Å². The fraction of sp³-hybridized carbons (Fsp3) is 0.400. The summed E-state index contributed by atoms with van der Waals surface area (Å²) >= 11 is 0. The molecule has 0 aliphatic heterocycles. The monoisotopic (exact) mass is 149 g/mol. The Kier molecular flexibility index (Phi) is 2.96. The lowest BCUT2D eigenvalue weighted by Gasteiger charge is -1.94. The fourth-order valence-electron chi connectivity index (χ4n) is 1.39. The van der Waals surface area contributed by atoms with Gasteiger partial charge in [-0.2, -0.15) is 0 Å². The van der Waals surface area contributed by atoms with Gasteiger partial charge in [0.15, 0.2) is 0 Å². The van der Waals surface area contributed by atoms with E-state index in [0.717, 1.165) is 5.70 Å². The highest BCUT2D eigenvalue weighted by molar-refractivity contribution is 5.25. The van der Waals surface area contributed by atoms with Gasteiger partial charge in [0.2, 0.25) is 0 Å². The van der Waals surface area contributed by atoms with Gasteiger partial charge in [0, 0.05) is 5.70 Å². The van der Waals surface area contributed by atoms with E-state index in [9.17, 15) is 0 Å². The Hall–Kier alpha value is -0.980. The van der Waals surface area contributed by atoms with Gasteiger partial charge in [-0.25, -0.2) is 0 Å². The van der Waals surface area contributed by atoms with Gasteiger partial charge in [-0.1, -0.05) is 18.2 Å². The molecule has 0 heterocycles.